The first-order chi connectivity index (χ1) is 11.6. The molecule has 126 valence electrons. The highest BCUT2D eigenvalue weighted by atomic mass is 32.1. The Labute approximate surface area is 143 Å². The Morgan fingerprint density at radius 1 is 1.21 bits per heavy atom. The minimum atomic E-state index is -0.626. The molecule has 1 unspecified atom stereocenters. The number of hydrogen-bond acceptors (Lipinski definition) is 7. The van der Waals surface area contributed by atoms with E-state index in [4.69, 9.17) is 14.2 Å². The Morgan fingerprint density at radius 3 is 2.62 bits per heavy atom. The molecule has 1 aliphatic rings. The van der Waals surface area contributed by atoms with Crippen molar-refractivity contribution in [1.82, 2.24) is 4.98 Å². The maximum atomic E-state index is 12.1. The van der Waals surface area contributed by atoms with Crippen LogP contribution in [0, 0.1) is 0 Å². The maximum absolute atomic E-state index is 12.1. The third-order valence-electron chi connectivity index (χ3n) is 3.50. The van der Waals surface area contributed by atoms with E-state index in [0.717, 1.165) is 22.6 Å². The third-order valence-corrected chi connectivity index (χ3v) is 4.62. The summed E-state index contributed by atoms with van der Waals surface area (Å²) in [7, 11) is 0. The minimum absolute atomic E-state index is 0.00476. The van der Waals surface area contributed by atoms with Gasteiger partial charge in [-0.25, -0.2) is 14.6 Å². The van der Waals surface area contributed by atoms with Crippen LogP contribution in [0.3, 0.4) is 0 Å². The minimum Gasteiger partial charge on any atom is -0.483 e. The lowest BCUT2D eigenvalue weighted by Crippen LogP contribution is -2.12. The molecule has 0 amide bonds. The van der Waals surface area contributed by atoms with Gasteiger partial charge in [0.05, 0.1) is 13.2 Å². The van der Waals surface area contributed by atoms with Crippen molar-refractivity contribution < 1.29 is 23.8 Å². The average Bonchev–Trinajstić information content (AvgIpc) is 3.19. The van der Waals surface area contributed by atoms with E-state index < -0.39 is 11.9 Å². The van der Waals surface area contributed by atoms with Crippen molar-refractivity contribution in [2.75, 3.05) is 13.2 Å². The number of ether oxygens (including phenoxy) is 3. The van der Waals surface area contributed by atoms with Crippen LogP contribution in [-0.2, 0) is 15.9 Å². The van der Waals surface area contributed by atoms with Crippen LogP contribution in [0.25, 0.3) is 0 Å². The molecule has 0 saturated carbocycles. The molecule has 1 aliphatic heterocycles. The molecule has 24 heavy (non-hydrogen) atoms. The molecule has 0 N–H and O–H groups in total. The first-order valence-corrected chi connectivity index (χ1v) is 8.55. The number of rotatable bonds is 5. The second-order valence-electron chi connectivity index (χ2n) is 5.09. The number of nitrogens with zero attached hydrogens (tertiary/aromatic N) is 1. The molecule has 0 aliphatic carbocycles. The van der Waals surface area contributed by atoms with Crippen molar-refractivity contribution >= 4 is 23.3 Å². The average molecular weight is 347 g/mol. The molecule has 0 fully saturated rings. The van der Waals surface area contributed by atoms with E-state index in [-0.39, 0.29) is 29.9 Å². The van der Waals surface area contributed by atoms with Crippen LogP contribution < -0.4 is 4.74 Å². The van der Waals surface area contributed by atoms with Crippen LogP contribution in [-0.4, -0.2) is 30.1 Å². The van der Waals surface area contributed by atoms with Gasteiger partial charge in [-0.2, -0.15) is 0 Å². The number of esters is 2. The molecular formula is C17H17NO5S. The Morgan fingerprint density at radius 2 is 1.92 bits per heavy atom. The SMILES string of the molecule is CCOC(=O)c1nc(C2Cc3ccccc3O2)sc1C(=O)OCC. The lowest BCUT2D eigenvalue weighted by molar-refractivity contribution is 0.0478. The van der Waals surface area contributed by atoms with Gasteiger partial charge >= 0.3 is 11.9 Å². The number of carbonyl (C=O) groups is 2. The summed E-state index contributed by atoms with van der Waals surface area (Å²) in [5.74, 6) is -0.397. The van der Waals surface area contributed by atoms with E-state index in [1.54, 1.807) is 13.8 Å². The van der Waals surface area contributed by atoms with Gasteiger partial charge in [0.1, 0.15) is 15.6 Å². The number of thiazole rings is 1. The monoisotopic (exact) mass is 347 g/mol. The number of carbonyl (C=O) groups excluding carboxylic acids is 2. The zero-order valence-corrected chi connectivity index (χ0v) is 14.2. The van der Waals surface area contributed by atoms with Crippen LogP contribution in [0.15, 0.2) is 24.3 Å². The van der Waals surface area contributed by atoms with Gasteiger partial charge in [-0.15, -0.1) is 11.3 Å². The molecule has 0 saturated heterocycles. The fourth-order valence-electron chi connectivity index (χ4n) is 2.47. The summed E-state index contributed by atoms with van der Waals surface area (Å²) in [6.07, 6.45) is 0.331. The number of hydrogen-bond donors (Lipinski definition) is 0. The Kier molecular flexibility index (Phi) is 4.80. The van der Waals surface area contributed by atoms with Crippen LogP contribution in [0.1, 0.15) is 50.7 Å². The first-order valence-electron chi connectivity index (χ1n) is 7.73. The van der Waals surface area contributed by atoms with Crippen LogP contribution in [0.4, 0.5) is 0 Å². The number of benzene rings is 1. The highest BCUT2D eigenvalue weighted by Gasteiger charge is 2.32. The quantitative estimate of drug-likeness (QED) is 0.774. The topological polar surface area (TPSA) is 74.7 Å². The highest BCUT2D eigenvalue weighted by molar-refractivity contribution is 7.14. The summed E-state index contributed by atoms with van der Waals surface area (Å²) in [6, 6.07) is 7.72. The summed E-state index contributed by atoms with van der Waals surface area (Å²) in [6.45, 7) is 3.84. The van der Waals surface area contributed by atoms with Gasteiger partial charge in [-0.3, -0.25) is 0 Å². The van der Waals surface area contributed by atoms with Gasteiger partial charge in [-0.05, 0) is 25.5 Å². The first kappa shape index (κ1) is 16.4. The smallest absolute Gasteiger partial charge is 0.358 e. The van der Waals surface area contributed by atoms with Gasteiger partial charge in [0.15, 0.2) is 11.8 Å². The van der Waals surface area contributed by atoms with Gasteiger partial charge in [0.25, 0.3) is 0 Å². The Hall–Kier alpha value is -2.41. The molecule has 1 atom stereocenters. The normalized spacial score (nSPS) is 15.5. The fraction of sp³-hybridized carbons (Fsp3) is 0.353. The summed E-state index contributed by atoms with van der Waals surface area (Å²) in [4.78, 5) is 28.7. The summed E-state index contributed by atoms with van der Waals surface area (Å²) >= 11 is 1.12. The highest BCUT2D eigenvalue weighted by Crippen LogP contribution is 2.38. The predicted octanol–water partition coefficient (Wildman–Crippen LogP) is 3.17. The van der Waals surface area contributed by atoms with Crippen molar-refractivity contribution in [3.05, 3.63) is 45.4 Å². The molecule has 7 heteroatoms. The third kappa shape index (κ3) is 3.12. The van der Waals surface area contributed by atoms with Gasteiger partial charge < -0.3 is 14.2 Å². The second-order valence-corrected chi connectivity index (χ2v) is 6.12. The molecule has 0 radical (unpaired) electrons. The number of aromatic nitrogens is 1. The number of fused-ring (bicyclic) bond motifs is 1. The Bertz CT molecular complexity index is 710. The molecular weight excluding hydrogens is 330 g/mol. The lowest BCUT2D eigenvalue weighted by atomic mass is 10.1. The van der Waals surface area contributed by atoms with Crippen molar-refractivity contribution in [3.8, 4) is 5.75 Å². The molecule has 1 aromatic carbocycles. The van der Waals surface area contributed by atoms with E-state index in [1.165, 1.54) is 0 Å². The molecule has 2 aromatic rings. The van der Waals surface area contributed by atoms with Gasteiger partial charge in [0, 0.05) is 6.42 Å². The molecule has 2 heterocycles. The predicted molar refractivity (Wildman–Crippen MR) is 87.5 cm³/mol. The van der Waals surface area contributed by atoms with Crippen LogP contribution in [0.5, 0.6) is 5.75 Å². The standard InChI is InChI=1S/C17H17NO5S/c1-3-21-16(19)13-14(17(20)22-4-2)24-15(18-13)12-9-10-7-5-6-8-11(10)23-12/h5-8,12H,3-4,9H2,1-2H3. The van der Waals surface area contributed by atoms with Crippen LogP contribution in [0.2, 0.25) is 0 Å². The molecule has 0 spiro atoms. The van der Waals surface area contributed by atoms with Gasteiger partial charge in [0.2, 0.25) is 0 Å². The zero-order chi connectivity index (χ0) is 17.1. The summed E-state index contributed by atoms with van der Waals surface area (Å²) in [5, 5.41) is 0.567. The lowest BCUT2D eigenvalue weighted by Gasteiger charge is -2.06. The molecule has 6 nitrogen and oxygen atoms in total. The van der Waals surface area contributed by atoms with E-state index >= 15 is 0 Å². The van der Waals surface area contributed by atoms with E-state index in [2.05, 4.69) is 4.98 Å². The van der Waals surface area contributed by atoms with E-state index in [9.17, 15) is 9.59 Å². The second kappa shape index (κ2) is 7.00. The maximum Gasteiger partial charge on any atom is 0.358 e. The zero-order valence-electron chi connectivity index (χ0n) is 13.4. The van der Waals surface area contributed by atoms with Crippen molar-refractivity contribution in [2.24, 2.45) is 0 Å². The fourth-order valence-corrected chi connectivity index (χ4v) is 3.44. The molecule has 0 bridgehead atoms. The molecule has 1 aromatic heterocycles. The summed E-state index contributed by atoms with van der Waals surface area (Å²) < 4.78 is 15.9. The van der Waals surface area contributed by atoms with Crippen molar-refractivity contribution in [2.45, 2.75) is 26.4 Å². The largest absolute Gasteiger partial charge is 0.483 e. The van der Waals surface area contributed by atoms with E-state index in [0.29, 0.717) is 11.4 Å². The van der Waals surface area contributed by atoms with Crippen molar-refractivity contribution in [3.63, 3.8) is 0 Å². The van der Waals surface area contributed by atoms with Crippen LogP contribution >= 0.6 is 11.3 Å². The Balaban J connectivity index is 1.91. The van der Waals surface area contributed by atoms with Gasteiger partial charge in [-0.1, -0.05) is 18.2 Å². The molecule has 3 rings (SSSR count). The van der Waals surface area contributed by atoms with Crippen molar-refractivity contribution in [1.29, 1.82) is 0 Å². The summed E-state index contributed by atoms with van der Waals surface area (Å²) in [5.41, 5.74) is 1.07. The number of para-hydroxylation sites is 1. The van der Waals surface area contributed by atoms with E-state index in [1.807, 2.05) is 24.3 Å².